The maximum absolute atomic E-state index is 14.1. The molecule has 6 nitrogen and oxygen atoms in total. The van der Waals surface area contributed by atoms with Crippen LogP contribution in [0.1, 0.15) is 16.1 Å². The zero-order valence-electron chi connectivity index (χ0n) is 12.7. The molecule has 124 valence electrons. The summed E-state index contributed by atoms with van der Waals surface area (Å²) in [5, 5.41) is 5.17. The number of halogens is 2. The highest BCUT2D eigenvalue weighted by Crippen LogP contribution is 2.25. The van der Waals surface area contributed by atoms with E-state index in [1.165, 1.54) is 17.9 Å². The van der Waals surface area contributed by atoms with Gasteiger partial charge in [-0.15, -0.1) is 0 Å². The van der Waals surface area contributed by atoms with Crippen LogP contribution >= 0.6 is 11.6 Å². The number of hydrazine groups is 1. The lowest BCUT2D eigenvalue weighted by atomic mass is 10.2. The van der Waals surface area contributed by atoms with Crippen LogP contribution in [0.2, 0.25) is 5.02 Å². The van der Waals surface area contributed by atoms with E-state index in [1.54, 1.807) is 30.3 Å². The van der Waals surface area contributed by atoms with Gasteiger partial charge >= 0.3 is 0 Å². The SMILES string of the molecule is COc1ccc2c(C(=O)NN)nn(Cc3ccc(Cl)cc3F)c2c1. The van der Waals surface area contributed by atoms with Crippen LogP contribution in [0.15, 0.2) is 36.4 Å². The third kappa shape index (κ3) is 2.91. The van der Waals surface area contributed by atoms with Gasteiger partial charge in [0.1, 0.15) is 11.6 Å². The monoisotopic (exact) mass is 348 g/mol. The number of carbonyl (C=O) groups is 1. The molecule has 0 spiro atoms. The molecular weight excluding hydrogens is 335 g/mol. The van der Waals surface area contributed by atoms with Gasteiger partial charge in [-0.05, 0) is 24.3 Å². The van der Waals surface area contributed by atoms with Crippen LogP contribution in [0, 0.1) is 5.82 Å². The molecule has 3 N–H and O–H groups in total. The Hall–Kier alpha value is -2.64. The largest absolute Gasteiger partial charge is 0.497 e. The first-order valence-electron chi connectivity index (χ1n) is 7.03. The van der Waals surface area contributed by atoms with E-state index < -0.39 is 11.7 Å². The average molecular weight is 349 g/mol. The van der Waals surface area contributed by atoms with Crippen molar-refractivity contribution in [2.45, 2.75) is 6.54 Å². The van der Waals surface area contributed by atoms with Crippen molar-refractivity contribution in [1.29, 1.82) is 0 Å². The summed E-state index contributed by atoms with van der Waals surface area (Å²) in [7, 11) is 1.54. The second-order valence-corrected chi connectivity index (χ2v) is 5.53. The smallest absolute Gasteiger partial charge is 0.286 e. The first-order chi connectivity index (χ1) is 11.5. The van der Waals surface area contributed by atoms with Crippen LogP contribution in [0.3, 0.4) is 0 Å². The minimum Gasteiger partial charge on any atom is -0.497 e. The number of methoxy groups -OCH3 is 1. The van der Waals surface area contributed by atoms with Crippen molar-refractivity contribution in [2.24, 2.45) is 5.84 Å². The van der Waals surface area contributed by atoms with Gasteiger partial charge in [0.05, 0.1) is 19.2 Å². The van der Waals surface area contributed by atoms with Crippen molar-refractivity contribution >= 4 is 28.4 Å². The molecule has 1 amide bonds. The maximum atomic E-state index is 14.1. The highest BCUT2D eigenvalue weighted by molar-refractivity contribution is 6.30. The van der Waals surface area contributed by atoms with E-state index in [0.29, 0.717) is 27.2 Å². The number of hydrogen-bond donors (Lipinski definition) is 2. The summed E-state index contributed by atoms with van der Waals surface area (Å²) < 4.78 is 20.8. The van der Waals surface area contributed by atoms with E-state index in [2.05, 4.69) is 10.5 Å². The Kier molecular flexibility index (Phi) is 4.37. The molecule has 3 rings (SSSR count). The minimum atomic E-state index is -0.527. The number of ether oxygens (including phenoxy) is 1. The Morgan fingerprint density at radius 3 is 2.83 bits per heavy atom. The van der Waals surface area contributed by atoms with E-state index in [9.17, 15) is 9.18 Å². The molecule has 2 aromatic carbocycles. The molecule has 0 aliphatic carbocycles. The van der Waals surface area contributed by atoms with Crippen molar-refractivity contribution < 1.29 is 13.9 Å². The predicted molar refractivity (Wildman–Crippen MR) is 88.5 cm³/mol. The molecule has 1 heterocycles. The zero-order chi connectivity index (χ0) is 17.3. The van der Waals surface area contributed by atoms with Crippen LogP contribution < -0.4 is 16.0 Å². The lowest BCUT2D eigenvalue weighted by Gasteiger charge is -2.06. The molecule has 0 aliphatic rings. The van der Waals surface area contributed by atoms with Gasteiger partial charge in [0, 0.05) is 22.0 Å². The van der Waals surface area contributed by atoms with Crippen LogP contribution in [0.5, 0.6) is 5.75 Å². The predicted octanol–water partition coefficient (Wildman–Crippen LogP) is 2.49. The Morgan fingerprint density at radius 1 is 1.38 bits per heavy atom. The number of rotatable bonds is 4. The molecule has 0 saturated heterocycles. The van der Waals surface area contributed by atoms with Crippen molar-refractivity contribution in [3.05, 3.63) is 58.5 Å². The molecule has 0 unspecified atom stereocenters. The van der Waals surface area contributed by atoms with Crippen molar-refractivity contribution in [1.82, 2.24) is 15.2 Å². The minimum absolute atomic E-state index is 0.129. The number of aromatic nitrogens is 2. The third-order valence-corrected chi connectivity index (χ3v) is 3.88. The van der Waals surface area contributed by atoms with E-state index in [0.717, 1.165) is 0 Å². The Morgan fingerprint density at radius 2 is 2.17 bits per heavy atom. The number of benzene rings is 2. The number of carbonyl (C=O) groups excluding carboxylic acids is 1. The molecule has 0 atom stereocenters. The summed E-state index contributed by atoms with van der Waals surface area (Å²) in [5.41, 5.74) is 3.24. The van der Waals surface area contributed by atoms with Gasteiger partial charge in [-0.3, -0.25) is 14.9 Å². The molecule has 8 heteroatoms. The van der Waals surface area contributed by atoms with Gasteiger partial charge in [-0.1, -0.05) is 17.7 Å². The van der Waals surface area contributed by atoms with Gasteiger partial charge in [0.2, 0.25) is 0 Å². The lowest BCUT2D eigenvalue weighted by molar-refractivity contribution is 0.0949. The molecule has 3 aromatic rings. The number of nitrogens with one attached hydrogen (secondary N) is 1. The number of amides is 1. The summed E-state index contributed by atoms with van der Waals surface area (Å²) >= 11 is 5.77. The van der Waals surface area contributed by atoms with Gasteiger partial charge in [0.25, 0.3) is 5.91 Å². The average Bonchev–Trinajstić information content (AvgIpc) is 2.94. The Balaban J connectivity index is 2.13. The van der Waals surface area contributed by atoms with Gasteiger partial charge in [-0.25, -0.2) is 10.2 Å². The first kappa shape index (κ1) is 16.2. The Bertz CT molecular complexity index is 926. The van der Waals surface area contributed by atoms with E-state index in [1.807, 2.05) is 0 Å². The van der Waals surface area contributed by atoms with Gasteiger partial charge < -0.3 is 4.74 Å². The first-order valence-corrected chi connectivity index (χ1v) is 7.40. The van der Waals surface area contributed by atoms with E-state index >= 15 is 0 Å². The van der Waals surface area contributed by atoms with Crippen LogP contribution in [0.4, 0.5) is 4.39 Å². The summed E-state index contributed by atoms with van der Waals surface area (Å²) in [6, 6.07) is 9.55. The maximum Gasteiger partial charge on any atom is 0.286 e. The third-order valence-electron chi connectivity index (χ3n) is 3.64. The normalized spacial score (nSPS) is 10.8. The van der Waals surface area contributed by atoms with Gasteiger partial charge in [0.15, 0.2) is 5.69 Å². The van der Waals surface area contributed by atoms with E-state index in [-0.39, 0.29) is 12.2 Å². The molecule has 0 bridgehead atoms. The van der Waals surface area contributed by atoms with Crippen molar-refractivity contribution in [3.8, 4) is 5.75 Å². The summed E-state index contributed by atoms with van der Waals surface area (Å²) in [6.07, 6.45) is 0. The quantitative estimate of drug-likeness (QED) is 0.431. The Labute approximate surface area is 141 Å². The summed E-state index contributed by atoms with van der Waals surface area (Å²) in [4.78, 5) is 11.9. The van der Waals surface area contributed by atoms with Crippen molar-refractivity contribution in [2.75, 3.05) is 7.11 Å². The van der Waals surface area contributed by atoms with Gasteiger partial charge in [-0.2, -0.15) is 5.10 Å². The number of nitrogens with zero attached hydrogens (tertiary/aromatic N) is 2. The fourth-order valence-electron chi connectivity index (χ4n) is 2.45. The van der Waals surface area contributed by atoms with E-state index in [4.69, 9.17) is 22.2 Å². The lowest BCUT2D eigenvalue weighted by Crippen LogP contribution is -2.30. The molecule has 0 fully saturated rings. The molecule has 1 aromatic heterocycles. The second-order valence-electron chi connectivity index (χ2n) is 5.10. The standard InChI is InChI=1S/C16H14ClFN4O2/c1-24-11-4-5-12-14(7-11)22(21-15(12)16(23)20-19)8-9-2-3-10(17)6-13(9)18/h2-7H,8,19H2,1H3,(H,20,23). The topological polar surface area (TPSA) is 82.2 Å². The number of nitrogen functional groups attached to an aromatic ring is 1. The highest BCUT2D eigenvalue weighted by Gasteiger charge is 2.18. The molecule has 24 heavy (non-hydrogen) atoms. The fourth-order valence-corrected chi connectivity index (χ4v) is 2.61. The molecular formula is C16H14ClFN4O2. The van der Waals surface area contributed by atoms with Crippen LogP contribution in [0.25, 0.3) is 10.9 Å². The fraction of sp³-hybridized carbons (Fsp3) is 0.125. The van der Waals surface area contributed by atoms with Crippen LogP contribution in [-0.4, -0.2) is 22.8 Å². The number of hydrogen-bond acceptors (Lipinski definition) is 4. The summed E-state index contributed by atoms with van der Waals surface area (Å²) in [5.74, 6) is 4.83. The molecule has 0 aliphatic heterocycles. The van der Waals surface area contributed by atoms with Crippen LogP contribution in [-0.2, 0) is 6.54 Å². The number of nitrogens with two attached hydrogens (primary N) is 1. The number of fused-ring (bicyclic) bond motifs is 1. The molecule has 0 radical (unpaired) electrons. The highest BCUT2D eigenvalue weighted by atomic mass is 35.5. The summed E-state index contributed by atoms with van der Waals surface area (Å²) in [6.45, 7) is 0.129. The van der Waals surface area contributed by atoms with Crippen molar-refractivity contribution in [3.63, 3.8) is 0 Å². The molecule has 0 saturated carbocycles. The second kappa shape index (κ2) is 6.46. The zero-order valence-corrected chi connectivity index (χ0v) is 13.5.